The van der Waals surface area contributed by atoms with Crippen LogP contribution in [0.15, 0.2) is 0 Å². The quantitative estimate of drug-likeness (QED) is 0.783. The van der Waals surface area contributed by atoms with Gasteiger partial charge in [-0.3, -0.25) is 9.48 Å². The highest BCUT2D eigenvalue weighted by atomic mass is 16.5. The summed E-state index contributed by atoms with van der Waals surface area (Å²) in [6, 6.07) is 0. The van der Waals surface area contributed by atoms with Crippen molar-refractivity contribution in [3.8, 4) is 0 Å². The minimum absolute atomic E-state index is 0.0796. The summed E-state index contributed by atoms with van der Waals surface area (Å²) < 4.78 is 7.75. The first kappa shape index (κ1) is 19.3. The van der Waals surface area contributed by atoms with E-state index in [-0.39, 0.29) is 23.5 Å². The number of hydrogen-bond donors (Lipinski definition) is 2. The number of nitrogens with two attached hydrogens (primary N) is 1. The van der Waals surface area contributed by atoms with Gasteiger partial charge in [-0.25, -0.2) is 0 Å². The van der Waals surface area contributed by atoms with Crippen molar-refractivity contribution in [3.05, 3.63) is 17.0 Å². The molecule has 2 heterocycles. The van der Waals surface area contributed by atoms with Gasteiger partial charge in [-0.15, -0.1) is 0 Å². The largest absolute Gasteiger partial charge is 0.392 e. The normalized spacial score (nSPS) is 24.7. The maximum atomic E-state index is 12.6. The van der Waals surface area contributed by atoms with Gasteiger partial charge < -0.3 is 20.5 Å². The molecule has 3 rings (SSSR count). The minimum Gasteiger partial charge on any atom is -0.392 e. The highest BCUT2D eigenvalue weighted by molar-refractivity contribution is 5.76. The Hall–Kier alpha value is -1.44. The lowest BCUT2D eigenvalue weighted by Crippen LogP contribution is -2.63. The van der Waals surface area contributed by atoms with Gasteiger partial charge in [-0.2, -0.15) is 5.10 Å². The van der Waals surface area contributed by atoms with Crippen LogP contribution in [0.4, 0.5) is 0 Å². The smallest absolute Gasteiger partial charge is 0.224 e. The fourth-order valence-corrected chi connectivity index (χ4v) is 4.36. The Morgan fingerprint density at radius 3 is 2.58 bits per heavy atom. The molecule has 0 radical (unpaired) electrons. The van der Waals surface area contributed by atoms with Crippen LogP contribution in [0.1, 0.15) is 42.6 Å². The first-order chi connectivity index (χ1) is 12.4. The highest BCUT2D eigenvalue weighted by Gasteiger charge is 2.56. The summed E-state index contributed by atoms with van der Waals surface area (Å²) >= 11 is 0. The van der Waals surface area contributed by atoms with Crippen LogP contribution >= 0.6 is 0 Å². The molecule has 1 aliphatic carbocycles. The van der Waals surface area contributed by atoms with Gasteiger partial charge in [0.2, 0.25) is 5.91 Å². The molecule has 1 amide bonds. The summed E-state index contributed by atoms with van der Waals surface area (Å²) in [6.07, 6.45) is 2.51. The molecule has 7 heteroatoms. The van der Waals surface area contributed by atoms with E-state index >= 15 is 0 Å². The number of ether oxygens (including phenoxy) is 1. The number of piperidine rings is 1. The number of aliphatic hydroxyl groups is 1. The molecule has 0 bridgehead atoms. The fraction of sp³-hybridized carbons (Fsp3) is 0.789. The van der Waals surface area contributed by atoms with E-state index in [1.165, 1.54) is 5.56 Å². The van der Waals surface area contributed by atoms with Crippen LogP contribution in [0.5, 0.6) is 0 Å². The first-order valence-electron chi connectivity index (χ1n) is 9.67. The number of aryl methyl sites for hydroxylation is 2. The van der Waals surface area contributed by atoms with Crippen LogP contribution in [-0.4, -0.2) is 64.1 Å². The Labute approximate surface area is 155 Å². The maximum absolute atomic E-state index is 12.6. The van der Waals surface area contributed by atoms with Crippen molar-refractivity contribution < 1.29 is 14.6 Å². The zero-order valence-corrected chi connectivity index (χ0v) is 16.2. The summed E-state index contributed by atoms with van der Waals surface area (Å²) in [4.78, 5) is 14.5. The molecule has 2 atom stereocenters. The maximum Gasteiger partial charge on any atom is 0.224 e. The molecule has 1 aliphatic heterocycles. The van der Waals surface area contributed by atoms with Crippen LogP contribution < -0.4 is 5.73 Å². The number of aliphatic hydroxyl groups excluding tert-OH is 1. The summed E-state index contributed by atoms with van der Waals surface area (Å²) in [5.41, 5.74) is 8.69. The van der Waals surface area contributed by atoms with Gasteiger partial charge in [0.15, 0.2) is 0 Å². The lowest BCUT2D eigenvalue weighted by molar-refractivity contribution is -0.210. The average molecular weight is 364 g/mol. The SMILES string of the molecule is Cc1nn(CCC(=O)N2CCC3(CC2)[C@@H](O)C[C@H]3OCCN)c(C)c1C. The molecule has 2 aliphatic rings. The van der Waals surface area contributed by atoms with Crippen molar-refractivity contribution in [2.45, 2.75) is 65.2 Å². The van der Waals surface area contributed by atoms with Crippen LogP contribution in [0, 0.1) is 26.2 Å². The van der Waals surface area contributed by atoms with Crippen molar-refractivity contribution in [3.63, 3.8) is 0 Å². The Kier molecular flexibility index (Phi) is 5.69. The minimum atomic E-state index is -0.319. The highest BCUT2D eigenvalue weighted by Crippen LogP contribution is 2.50. The molecule has 1 aromatic heterocycles. The molecule has 1 aromatic rings. The van der Waals surface area contributed by atoms with Crippen LogP contribution in [0.25, 0.3) is 0 Å². The third-order valence-corrected chi connectivity index (χ3v) is 6.51. The number of rotatable bonds is 6. The summed E-state index contributed by atoms with van der Waals surface area (Å²) in [5.74, 6) is 0.165. The number of carbonyl (C=O) groups excluding carboxylic acids is 1. The molecule has 2 fully saturated rings. The zero-order chi connectivity index (χ0) is 18.9. The van der Waals surface area contributed by atoms with E-state index in [2.05, 4.69) is 12.0 Å². The van der Waals surface area contributed by atoms with Gasteiger partial charge in [0.25, 0.3) is 0 Å². The van der Waals surface area contributed by atoms with Crippen molar-refractivity contribution >= 4 is 5.91 Å². The van der Waals surface area contributed by atoms with Gasteiger partial charge in [0.1, 0.15) is 0 Å². The predicted molar refractivity (Wildman–Crippen MR) is 98.7 cm³/mol. The predicted octanol–water partition coefficient (Wildman–Crippen LogP) is 0.916. The van der Waals surface area contributed by atoms with Gasteiger partial charge in [0, 0.05) is 50.1 Å². The molecular weight excluding hydrogens is 332 g/mol. The van der Waals surface area contributed by atoms with Crippen LogP contribution in [0.3, 0.4) is 0 Å². The molecule has 26 heavy (non-hydrogen) atoms. The third-order valence-electron chi connectivity index (χ3n) is 6.51. The summed E-state index contributed by atoms with van der Waals surface area (Å²) in [7, 11) is 0. The van der Waals surface area contributed by atoms with Crippen molar-refractivity contribution in [2.75, 3.05) is 26.2 Å². The van der Waals surface area contributed by atoms with E-state index in [0.717, 1.165) is 24.2 Å². The van der Waals surface area contributed by atoms with E-state index in [9.17, 15) is 9.90 Å². The van der Waals surface area contributed by atoms with Gasteiger partial charge >= 0.3 is 0 Å². The second kappa shape index (κ2) is 7.66. The summed E-state index contributed by atoms with van der Waals surface area (Å²) in [5, 5.41) is 14.8. The number of hydrogen-bond acceptors (Lipinski definition) is 5. The van der Waals surface area contributed by atoms with E-state index in [1.807, 2.05) is 23.4 Å². The molecule has 0 unspecified atom stereocenters. The number of likely N-dealkylation sites (tertiary alicyclic amines) is 1. The van der Waals surface area contributed by atoms with Gasteiger partial charge in [-0.05, 0) is 39.2 Å². The lowest BCUT2D eigenvalue weighted by Gasteiger charge is -2.56. The lowest BCUT2D eigenvalue weighted by atomic mass is 9.58. The van der Waals surface area contributed by atoms with Crippen LogP contribution in [-0.2, 0) is 16.1 Å². The van der Waals surface area contributed by atoms with E-state index < -0.39 is 0 Å². The van der Waals surface area contributed by atoms with E-state index in [0.29, 0.717) is 45.6 Å². The molecule has 146 valence electrons. The topological polar surface area (TPSA) is 93.6 Å². The Bertz CT molecular complexity index is 649. The molecule has 3 N–H and O–H groups in total. The van der Waals surface area contributed by atoms with Crippen molar-refractivity contribution in [1.82, 2.24) is 14.7 Å². The number of aromatic nitrogens is 2. The van der Waals surface area contributed by atoms with Gasteiger partial charge in [-0.1, -0.05) is 0 Å². The van der Waals surface area contributed by atoms with E-state index in [4.69, 9.17) is 10.5 Å². The second-order valence-electron chi connectivity index (χ2n) is 7.78. The average Bonchev–Trinajstić information content (AvgIpc) is 2.90. The summed E-state index contributed by atoms with van der Waals surface area (Å²) in [6.45, 7) is 9.13. The van der Waals surface area contributed by atoms with Crippen LogP contribution in [0.2, 0.25) is 0 Å². The zero-order valence-electron chi connectivity index (χ0n) is 16.2. The molecular formula is C19H32N4O3. The fourth-order valence-electron chi connectivity index (χ4n) is 4.36. The Morgan fingerprint density at radius 2 is 2.04 bits per heavy atom. The van der Waals surface area contributed by atoms with Gasteiger partial charge in [0.05, 0.1) is 24.5 Å². The number of amides is 1. The molecule has 1 saturated heterocycles. The molecule has 0 aromatic carbocycles. The Balaban J connectivity index is 1.51. The second-order valence-corrected chi connectivity index (χ2v) is 7.78. The first-order valence-corrected chi connectivity index (χ1v) is 9.67. The van der Waals surface area contributed by atoms with Crippen molar-refractivity contribution in [1.29, 1.82) is 0 Å². The van der Waals surface area contributed by atoms with E-state index in [1.54, 1.807) is 0 Å². The molecule has 1 saturated carbocycles. The monoisotopic (exact) mass is 364 g/mol. The number of nitrogens with zero attached hydrogens (tertiary/aromatic N) is 3. The molecule has 1 spiro atoms. The Morgan fingerprint density at radius 1 is 1.35 bits per heavy atom. The third kappa shape index (κ3) is 3.40. The standard InChI is InChI=1S/C19H32N4O3/c1-13-14(2)21-23(15(13)3)8-4-18(25)22-9-5-19(6-10-22)16(24)12-17(19)26-11-7-20/h16-17,24H,4-12,20H2,1-3H3/t16-,17+/m0/s1. The molecule has 7 nitrogen and oxygen atoms in total. The van der Waals surface area contributed by atoms with Crippen molar-refractivity contribution in [2.24, 2.45) is 11.1 Å². The number of carbonyl (C=O) groups is 1.